The molecule has 0 spiro atoms. The Labute approximate surface area is 128 Å². The van der Waals surface area contributed by atoms with Crippen LogP contribution in [-0.2, 0) is 0 Å². The van der Waals surface area contributed by atoms with Crippen LogP contribution in [0.5, 0.6) is 5.75 Å². The molecule has 5 rings (SSSR count). The molecule has 0 saturated carbocycles. The van der Waals surface area contributed by atoms with Crippen molar-refractivity contribution < 1.29 is 4.74 Å². The molecule has 1 N–H and O–H groups in total. The fourth-order valence-electron chi connectivity index (χ4n) is 3.95. The minimum atomic E-state index is 0.446. The van der Waals surface area contributed by atoms with E-state index in [0.717, 1.165) is 29.2 Å². The number of piperidine rings is 3. The molecule has 4 aliphatic rings. The van der Waals surface area contributed by atoms with E-state index in [0.29, 0.717) is 12.1 Å². The summed E-state index contributed by atoms with van der Waals surface area (Å²) in [5.41, 5.74) is 1.32. The summed E-state index contributed by atoms with van der Waals surface area (Å²) < 4.78 is 6.93. The van der Waals surface area contributed by atoms with E-state index >= 15 is 0 Å². The molecule has 0 radical (unpaired) electrons. The van der Waals surface area contributed by atoms with Crippen molar-refractivity contribution in [1.29, 1.82) is 0 Å². The molecule has 4 heterocycles. The molecule has 2 unspecified atom stereocenters. The highest BCUT2D eigenvalue weighted by Gasteiger charge is 2.36. The smallest absolute Gasteiger partial charge is 0.124 e. The van der Waals surface area contributed by atoms with Gasteiger partial charge in [-0.2, -0.15) is 0 Å². The Morgan fingerprint density at radius 1 is 1.20 bits per heavy atom. The van der Waals surface area contributed by atoms with Gasteiger partial charge >= 0.3 is 0 Å². The third kappa shape index (κ3) is 2.38. The van der Waals surface area contributed by atoms with Gasteiger partial charge in [-0.05, 0) is 50.0 Å². The first-order chi connectivity index (χ1) is 9.79. The maximum absolute atomic E-state index is 5.79. The van der Waals surface area contributed by atoms with E-state index in [1.54, 1.807) is 0 Å². The van der Waals surface area contributed by atoms with Crippen LogP contribution in [0.3, 0.4) is 0 Å². The van der Waals surface area contributed by atoms with Crippen molar-refractivity contribution in [3.63, 3.8) is 0 Å². The Morgan fingerprint density at radius 3 is 2.80 bits per heavy atom. The van der Waals surface area contributed by atoms with Crippen LogP contribution < -0.4 is 10.1 Å². The van der Waals surface area contributed by atoms with Gasteiger partial charge in [0.05, 0.1) is 6.61 Å². The molecule has 20 heavy (non-hydrogen) atoms. The third-order valence-corrected chi connectivity index (χ3v) is 5.58. The number of nitrogens with zero attached hydrogens (tertiary/aromatic N) is 1. The van der Waals surface area contributed by atoms with E-state index in [-0.39, 0.29) is 0 Å². The van der Waals surface area contributed by atoms with Crippen LogP contribution in [0.1, 0.15) is 30.9 Å². The number of benzene rings is 1. The van der Waals surface area contributed by atoms with E-state index in [1.807, 2.05) is 0 Å². The lowest BCUT2D eigenvalue weighted by molar-refractivity contribution is 0.0634. The highest BCUT2D eigenvalue weighted by molar-refractivity contribution is 9.10. The number of nitrogens with one attached hydrogen (secondary N) is 1. The summed E-state index contributed by atoms with van der Waals surface area (Å²) in [6, 6.07) is 7.47. The highest BCUT2D eigenvalue weighted by atomic mass is 79.9. The van der Waals surface area contributed by atoms with Crippen LogP contribution in [0.2, 0.25) is 0 Å². The molecule has 1 aromatic carbocycles. The summed E-state index contributed by atoms with van der Waals surface area (Å²) in [4.78, 5) is 2.61. The highest BCUT2D eigenvalue weighted by Crippen LogP contribution is 2.36. The van der Waals surface area contributed by atoms with Crippen LogP contribution in [0.25, 0.3) is 0 Å². The van der Waals surface area contributed by atoms with Gasteiger partial charge in [0.2, 0.25) is 0 Å². The second kappa shape index (κ2) is 5.32. The fourth-order valence-corrected chi connectivity index (χ4v) is 4.33. The third-order valence-electron chi connectivity index (χ3n) is 5.08. The normalized spacial score (nSPS) is 35.5. The summed E-state index contributed by atoms with van der Waals surface area (Å²) in [7, 11) is 0. The van der Waals surface area contributed by atoms with Gasteiger partial charge in [-0.15, -0.1) is 0 Å². The van der Waals surface area contributed by atoms with Gasteiger partial charge in [0.15, 0.2) is 0 Å². The largest absolute Gasteiger partial charge is 0.493 e. The zero-order chi connectivity index (χ0) is 13.5. The summed E-state index contributed by atoms with van der Waals surface area (Å²) in [6.07, 6.45) is 3.81. The summed E-state index contributed by atoms with van der Waals surface area (Å²) >= 11 is 3.58. The number of halogens is 1. The molecule has 2 atom stereocenters. The van der Waals surface area contributed by atoms with E-state index in [4.69, 9.17) is 4.74 Å². The lowest BCUT2D eigenvalue weighted by Gasteiger charge is -2.46. The summed E-state index contributed by atoms with van der Waals surface area (Å²) in [6.45, 7) is 4.66. The zero-order valence-electron chi connectivity index (χ0n) is 11.6. The molecule has 3 saturated heterocycles. The second-order valence-corrected chi connectivity index (χ2v) is 7.20. The number of fused-ring (bicyclic) bond motifs is 4. The Hall–Kier alpha value is -0.580. The monoisotopic (exact) mass is 336 g/mol. The predicted molar refractivity (Wildman–Crippen MR) is 83.1 cm³/mol. The van der Waals surface area contributed by atoms with Crippen LogP contribution in [0, 0.1) is 5.92 Å². The summed E-state index contributed by atoms with van der Waals surface area (Å²) in [5.74, 6) is 1.93. The van der Waals surface area contributed by atoms with Crippen LogP contribution >= 0.6 is 15.9 Å². The van der Waals surface area contributed by atoms with Gasteiger partial charge in [0.25, 0.3) is 0 Å². The maximum Gasteiger partial charge on any atom is 0.124 e. The summed E-state index contributed by atoms with van der Waals surface area (Å²) in [5, 5.41) is 3.93. The molecular formula is C16H21BrN2O. The average molecular weight is 337 g/mol. The van der Waals surface area contributed by atoms with Crippen LogP contribution in [0.4, 0.5) is 0 Å². The molecule has 0 aliphatic carbocycles. The Morgan fingerprint density at radius 2 is 2.05 bits per heavy atom. The number of ether oxygens (including phenoxy) is 1. The maximum atomic E-state index is 5.79. The van der Waals surface area contributed by atoms with Crippen LogP contribution in [-0.4, -0.2) is 37.2 Å². The van der Waals surface area contributed by atoms with Crippen molar-refractivity contribution >= 4 is 15.9 Å². The Kier molecular flexibility index (Phi) is 3.49. The van der Waals surface area contributed by atoms with Crippen molar-refractivity contribution in [1.82, 2.24) is 10.2 Å². The standard InChI is InChI=1S/C16H21BrN2O/c17-12-1-2-16-13(9-12)14(5-8-20-16)18-15-10-19-6-3-11(15)4-7-19/h1-2,9,11,14-15,18H,3-8,10H2. The van der Waals surface area contributed by atoms with Gasteiger partial charge in [-0.25, -0.2) is 0 Å². The van der Waals surface area contributed by atoms with Gasteiger partial charge in [0.1, 0.15) is 5.75 Å². The number of hydrogen-bond donors (Lipinski definition) is 1. The van der Waals surface area contributed by atoms with Gasteiger partial charge in [0, 0.05) is 35.1 Å². The van der Waals surface area contributed by atoms with Crippen molar-refractivity contribution in [2.24, 2.45) is 5.92 Å². The minimum absolute atomic E-state index is 0.446. The quantitative estimate of drug-likeness (QED) is 0.898. The average Bonchev–Trinajstić information content (AvgIpc) is 2.49. The zero-order valence-corrected chi connectivity index (χ0v) is 13.2. The van der Waals surface area contributed by atoms with Gasteiger partial charge in [-0.3, -0.25) is 0 Å². The molecule has 3 nitrogen and oxygen atoms in total. The molecule has 4 heteroatoms. The van der Waals surface area contributed by atoms with Gasteiger partial charge in [-0.1, -0.05) is 15.9 Å². The first-order valence-corrected chi connectivity index (χ1v) is 8.49. The van der Waals surface area contributed by atoms with Crippen molar-refractivity contribution in [2.75, 3.05) is 26.2 Å². The van der Waals surface area contributed by atoms with Crippen molar-refractivity contribution in [3.05, 3.63) is 28.2 Å². The number of rotatable bonds is 2. The lowest BCUT2D eigenvalue weighted by Crippen LogP contribution is -2.56. The minimum Gasteiger partial charge on any atom is -0.493 e. The van der Waals surface area contributed by atoms with Gasteiger partial charge < -0.3 is 15.0 Å². The molecule has 0 amide bonds. The molecule has 1 aromatic rings. The van der Waals surface area contributed by atoms with Crippen LogP contribution in [0.15, 0.2) is 22.7 Å². The SMILES string of the molecule is Brc1ccc2c(c1)C(NC1CN3CCC1CC3)CCO2. The van der Waals surface area contributed by atoms with E-state index in [9.17, 15) is 0 Å². The van der Waals surface area contributed by atoms with Crippen molar-refractivity contribution in [3.8, 4) is 5.75 Å². The molecule has 3 fully saturated rings. The van der Waals surface area contributed by atoms with E-state index in [2.05, 4.69) is 44.3 Å². The Bertz CT molecular complexity index is 499. The first kappa shape index (κ1) is 13.1. The molecule has 4 aliphatic heterocycles. The molecule has 2 bridgehead atoms. The molecule has 108 valence electrons. The first-order valence-electron chi connectivity index (χ1n) is 7.70. The molecule has 0 aromatic heterocycles. The van der Waals surface area contributed by atoms with E-state index in [1.165, 1.54) is 38.0 Å². The molecular weight excluding hydrogens is 316 g/mol. The predicted octanol–water partition coefficient (Wildman–Crippen LogP) is 2.96. The topological polar surface area (TPSA) is 24.5 Å². The lowest BCUT2D eigenvalue weighted by atomic mass is 9.83. The number of hydrogen-bond acceptors (Lipinski definition) is 3. The van der Waals surface area contributed by atoms with Crippen molar-refractivity contribution in [2.45, 2.75) is 31.3 Å². The fraction of sp³-hybridized carbons (Fsp3) is 0.625. The van der Waals surface area contributed by atoms with E-state index < -0.39 is 0 Å². The Balaban J connectivity index is 1.54. The second-order valence-electron chi connectivity index (χ2n) is 6.28.